The summed E-state index contributed by atoms with van der Waals surface area (Å²) in [6.07, 6.45) is -7.90. The van der Waals surface area contributed by atoms with E-state index >= 15 is 0 Å². The molecule has 1 aromatic rings. The van der Waals surface area contributed by atoms with Gasteiger partial charge >= 0.3 is 5.97 Å². The van der Waals surface area contributed by atoms with Gasteiger partial charge in [0, 0.05) is 38.0 Å². The summed E-state index contributed by atoms with van der Waals surface area (Å²) in [4.78, 5) is 16.6. The number of aliphatic hydroxyl groups excluding tert-OH is 3. The van der Waals surface area contributed by atoms with Gasteiger partial charge in [0.25, 0.3) is 0 Å². The second-order valence-corrected chi connectivity index (χ2v) is 18.6. The van der Waals surface area contributed by atoms with Gasteiger partial charge in [-0.25, -0.2) is 0 Å². The van der Waals surface area contributed by atoms with Crippen LogP contribution in [0.2, 0.25) is 0 Å². The van der Waals surface area contributed by atoms with Crippen molar-refractivity contribution in [3.05, 3.63) is 29.8 Å². The molecule has 14 heteroatoms. The number of carbonyl (C=O) groups is 1. The molecule has 0 radical (unpaired) electrons. The number of benzene rings is 1. The van der Waals surface area contributed by atoms with Crippen LogP contribution >= 0.6 is 0 Å². The zero-order valence-corrected chi connectivity index (χ0v) is 37.0. The number of fused-ring (bicyclic) bond motifs is 2. The molecule has 0 amide bonds. The van der Waals surface area contributed by atoms with Gasteiger partial charge in [0.2, 0.25) is 0 Å². The highest BCUT2D eigenvalue weighted by Crippen LogP contribution is 2.48. The Bertz CT molecular complexity index is 1500. The number of hydrogen-bond donors (Lipinski definition) is 4. The second-order valence-electron chi connectivity index (χ2n) is 18.6. The minimum absolute atomic E-state index is 0.0868. The molecular formula is C44H73NO13. The summed E-state index contributed by atoms with van der Waals surface area (Å²) in [6, 6.07) is 7.53. The number of nitrogens with zero attached hydrogens (tertiary/aromatic N) is 1. The monoisotopic (exact) mass is 824 g/mol. The Balaban J connectivity index is 1.54. The third-order valence-electron chi connectivity index (χ3n) is 13.9. The van der Waals surface area contributed by atoms with Crippen LogP contribution in [-0.4, -0.2) is 143 Å². The van der Waals surface area contributed by atoms with Crippen LogP contribution in [0, 0.1) is 23.7 Å². The van der Waals surface area contributed by atoms with E-state index in [9.17, 15) is 25.2 Å². The standard InChI is InChI=1S/C44H73NO13/c1-14-32(46)44(10,50)39-25(4)35-23(2)20-43(9,58-35)38(26(5)36(27(6)40(49)56-39)55-33-21-42(8,52-13)37(48)28(7)54-33)57-41-34(47)31(19-24(3)53-41)45(11)22-29-15-17-30(51-12)18-16-29/h15-18,23-28,31-39,41,46-48,50H,14,19-22H2,1-13H3/t23?,24?,25-,26-,27+,28?,31?,32+,33-,34?,35?,36-,37-,38+,39+,41-,42?,43+,44+/m0/s1. The quantitative estimate of drug-likeness (QED) is 0.221. The first-order chi connectivity index (χ1) is 27.1. The Hall–Kier alpha value is -1.95. The fourth-order valence-corrected chi connectivity index (χ4v) is 10.3. The summed E-state index contributed by atoms with van der Waals surface area (Å²) in [5.74, 6) is -2.04. The summed E-state index contributed by atoms with van der Waals surface area (Å²) in [5, 5.41) is 46.1. The summed E-state index contributed by atoms with van der Waals surface area (Å²) in [5.41, 5.74) is -2.75. The number of likely N-dealkylation sites (N-methyl/N-ethyl adjacent to an activating group) is 1. The summed E-state index contributed by atoms with van der Waals surface area (Å²) < 4.78 is 51.0. The van der Waals surface area contributed by atoms with Crippen LogP contribution in [0.3, 0.4) is 0 Å². The largest absolute Gasteiger partial charge is 0.497 e. The molecule has 4 N–H and O–H groups in total. The number of cyclic esters (lactones) is 1. The molecule has 7 unspecified atom stereocenters. The maximum atomic E-state index is 14.5. The molecule has 58 heavy (non-hydrogen) atoms. The van der Waals surface area contributed by atoms with Crippen molar-refractivity contribution < 1.29 is 63.1 Å². The van der Waals surface area contributed by atoms with Gasteiger partial charge in [-0.05, 0) is 91.5 Å². The van der Waals surface area contributed by atoms with Crippen LogP contribution in [0.15, 0.2) is 24.3 Å². The molecule has 5 rings (SSSR count). The number of rotatable bonds is 12. The Kier molecular flexibility index (Phi) is 15.1. The van der Waals surface area contributed by atoms with Crippen molar-refractivity contribution in [1.82, 2.24) is 4.90 Å². The molecule has 4 saturated heterocycles. The minimum Gasteiger partial charge on any atom is -0.497 e. The van der Waals surface area contributed by atoms with Crippen molar-refractivity contribution in [2.45, 2.75) is 192 Å². The van der Waals surface area contributed by atoms with Crippen molar-refractivity contribution in [1.29, 1.82) is 0 Å². The molecule has 0 spiro atoms. The van der Waals surface area contributed by atoms with Crippen molar-refractivity contribution in [2.75, 3.05) is 21.3 Å². The normalized spacial score (nSPS) is 44.2. The van der Waals surface area contributed by atoms with E-state index in [-0.39, 0.29) is 30.9 Å². The smallest absolute Gasteiger partial charge is 0.311 e. The summed E-state index contributed by atoms with van der Waals surface area (Å²) in [6.45, 7) is 18.9. The predicted octanol–water partition coefficient (Wildman–Crippen LogP) is 4.20. The van der Waals surface area contributed by atoms with Crippen molar-refractivity contribution >= 4 is 5.97 Å². The number of carbonyl (C=O) groups excluding carboxylic acids is 1. The Morgan fingerprint density at radius 2 is 1.64 bits per heavy atom. The van der Waals surface area contributed by atoms with E-state index in [0.717, 1.165) is 11.3 Å². The molecule has 4 fully saturated rings. The van der Waals surface area contributed by atoms with Crippen LogP contribution < -0.4 is 4.74 Å². The van der Waals surface area contributed by atoms with E-state index in [0.29, 0.717) is 19.4 Å². The van der Waals surface area contributed by atoms with Gasteiger partial charge in [0.05, 0.1) is 60.9 Å². The van der Waals surface area contributed by atoms with Gasteiger partial charge in [-0.3, -0.25) is 9.69 Å². The fourth-order valence-electron chi connectivity index (χ4n) is 10.3. The lowest BCUT2D eigenvalue weighted by Crippen LogP contribution is -2.60. The van der Waals surface area contributed by atoms with Gasteiger partial charge < -0.3 is 58.3 Å². The SMILES string of the molecule is CC[C@@H](O)[C@@](C)(O)[C@@H]1OC(=O)[C@H](C)[C@@H](O[C@H]2CC(C)(OC)[C@@H](O)C(C)O2)[C@H](C)[C@@H](O[C@@H]2OC(C)CC(N(C)Cc3ccc(OC)cc3)C2O)[C@@]2(C)CC(C)C(O2)[C@@H]1C. The average molecular weight is 824 g/mol. The van der Waals surface area contributed by atoms with Gasteiger partial charge in [-0.2, -0.15) is 0 Å². The number of hydrogen-bond acceptors (Lipinski definition) is 14. The van der Waals surface area contributed by atoms with Gasteiger partial charge in [0.15, 0.2) is 12.6 Å². The predicted molar refractivity (Wildman–Crippen MR) is 215 cm³/mol. The molecule has 14 nitrogen and oxygen atoms in total. The third-order valence-corrected chi connectivity index (χ3v) is 13.9. The molecule has 1 aromatic carbocycles. The van der Waals surface area contributed by atoms with Crippen LogP contribution in [-0.2, 0) is 44.5 Å². The zero-order chi connectivity index (χ0) is 43.1. The lowest BCUT2D eigenvalue weighted by Gasteiger charge is -2.48. The molecule has 2 bridgehead atoms. The fraction of sp³-hybridized carbons (Fsp3) is 0.841. The van der Waals surface area contributed by atoms with E-state index in [2.05, 4.69) is 11.8 Å². The molecule has 332 valence electrons. The number of esters is 1. The van der Waals surface area contributed by atoms with Gasteiger partial charge in [-0.1, -0.05) is 39.8 Å². The number of aliphatic hydroxyl groups is 4. The topological polar surface area (TPSA) is 175 Å². The van der Waals surface area contributed by atoms with Crippen molar-refractivity contribution in [3.8, 4) is 5.75 Å². The summed E-state index contributed by atoms with van der Waals surface area (Å²) in [7, 11) is 5.14. The van der Waals surface area contributed by atoms with Crippen LogP contribution in [0.1, 0.15) is 100 Å². The average Bonchev–Trinajstić information content (AvgIpc) is 3.50. The lowest BCUT2D eigenvalue weighted by atomic mass is 9.76. The Labute approximate surface area is 345 Å². The number of methoxy groups -OCH3 is 2. The highest BCUT2D eigenvalue weighted by Gasteiger charge is 2.59. The summed E-state index contributed by atoms with van der Waals surface area (Å²) >= 11 is 0. The van der Waals surface area contributed by atoms with E-state index in [1.807, 2.05) is 59.0 Å². The Morgan fingerprint density at radius 1 is 0.983 bits per heavy atom. The maximum Gasteiger partial charge on any atom is 0.311 e. The lowest BCUT2D eigenvalue weighted by molar-refractivity contribution is -0.318. The van der Waals surface area contributed by atoms with Gasteiger partial charge in [0.1, 0.15) is 29.7 Å². The maximum absolute atomic E-state index is 14.5. The molecule has 4 aliphatic heterocycles. The molecule has 0 aromatic heterocycles. The Morgan fingerprint density at radius 3 is 2.24 bits per heavy atom. The molecule has 4 aliphatic rings. The molecule has 19 atom stereocenters. The number of ether oxygens (including phenoxy) is 8. The van der Waals surface area contributed by atoms with Crippen molar-refractivity contribution in [3.63, 3.8) is 0 Å². The molecular weight excluding hydrogens is 750 g/mol. The first-order valence-corrected chi connectivity index (χ1v) is 21.3. The second kappa shape index (κ2) is 18.6. The minimum atomic E-state index is -1.81. The first kappa shape index (κ1) is 47.1. The molecule has 0 saturated carbocycles. The van der Waals surface area contributed by atoms with Crippen LogP contribution in [0.25, 0.3) is 0 Å². The van der Waals surface area contributed by atoms with Gasteiger partial charge in [-0.15, -0.1) is 0 Å². The van der Waals surface area contributed by atoms with E-state index in [1.165, 1.54) is 14.0 Å². The van der Waals surface area contributed by atoms with E-state index in [1.54, 1.807) is 34.8 Å². The highest BCUT2D eigenvalue weighted by atomic mass is 16.7. The highest BCUT2D eigenvalue weighted by molar-refractivity contribution is 5.73. The zero-order valence-electron chi connectivity index (χ0n) is 37.0. The third kappa shape index (κ3) is 9.57. The first-order valence-electron chi connectivity index (χ1n) is 21.3. The van der Waals surface area contributed by atoms with Crippen LogP contribution in [0.4, 0.5) is 0 Å². The van der Waals surface area contributed by atoms with E-state index in [4.69, 9.17) is 37.9 Å². The van der Waals surface area contributed by atoms with Crippen LogP contribution in [0.5, 0.6) is 5.75 Å². The molecule has 4 heterocycles. The van der Waals surface area contributed by atoms with Crippen molar-refractivity contribution in [2.24, 2.45) is 23.7 Å². The van der Waals surface area contributed by atoms with E-state index < -0.39 is 102 Å². The molecule has 0 aliphatic carbocycles.